The van der Waals surface area contributed by atoms with Crippen molar-refractivity contribution >= 4 is 5.96 Å². The molecule has 152 valence electrons. The van der Waals surface area contributed by atoms with Crippen molar-refractivity contribution in [2.75, 3.05) is 26.3 Å². The maximum atomic E-state index is 6.03. The molecule has 0 bridgehead atoms. The van der Waals surface area contributed by atoms with Crippen LogP contribution in [0, 0.1) is 0 Å². The van der Waals surface area contributed by atoms with E-state index in [2.05, 4.69) is 48.7 Å². The van der Waals surface area contributed by atoms with Gasteiger partial charge < -0.3 is 20.1 Å². The van der Waals surface area contributed by atoms with E-state index in [1.54, 1.807) is 0 Å². The Labute approximate surface area is 164 Å². The zero-order valence-electron chi connectivity index (χ0n) is 17.1. The fraction of sp³-hybridized carbons (Fsp3) is 0.682. The summed E-state index contributed by atoms with van der Waals surface area (Å²) in [5, 5.41) is 6.76. The largest absolute Gasteiger partial charge is 0.381 e. The predicted octanol–water partition coefficient (Wildman–Crippen LogP) is 4.02. The van der Waals surface area contributed by atoms with Crippen LogP contribution in [-0.4, -0.2) is 38.4 Å². The van der Waals surface area contributed by atoms with Crippen LogP contribution >= 0.6 is 0 Å². The molecule has 2 rings (SSSR count). The maximum Gasteiger partial charge on any atom is 0.191 e. The van der Waals surface area contributed by atoms with E-state index in [4.69, 9.17) is 14.5 Å². The monoisotopic (exact) mass is 375 g/mol. The second kappa shape index (κ2) is 13.6. The van der Waals surface area contributed by atoms with E-state index >= 15 is 0 Å². The summed E-state index contributed by atoms with van der Waals surface area (Å²) in [6.07, 6.45) is 7.37. The molecule has 27 heavy (non-hydrogen) atoms. The molecule has 0 spiro atoms. The number of hydrogen-bond donors (Lipinski definition) is 2. The van der Waals surface area contributed by atoms with E-state index < -0.39 is 0 Å². The van der Waals surface area contributed by atoms with Gasteiger partial charge >= 0.3 is 0 Å². The normalized spacial score (nSPS) is 15.7. The van der Waals surface area contributed by atoms with Crippen LogP contribution in [0.1, 0.15) is 63.5 Å². The Hall–Kier alpha value is -1.59. The first-order valence-corrected chi connectivity index (χ1v) is 10.6. The van der Waals surface area contributed by atoms with Crippen LogP contribution in [0.2, 0.25) is 0 Å². The molecule has 0 amide bonds. The molecular weight excluding hydrogens is 338 g/mol. The van der Waals surface area contributed by atoms with Crippen molar-refractivity contribution < 1.29 is 9.47 Å². The SMILES string of the molecule is CCCCCCNC(=NCc1cccc(COC2CCOCC2)c1)NCC. The lowest BCUT2D eigenvalue weighted by atomic mass is 10.1. The third kappa shape index (κ3) is 9.25. The number of aliphatic imine (C=N–C) groups is 1. The highest BCUT2D eigenvalue weighted by molar-refractivity contribution is 5.79. The van der Waals surface area contributed by atoms with E-state index in [1.165, 1.54) is 36.8 Å². The number of unbranched alkanes of at least 4 members (excludes halogenated alkanes) is 3. The van der Waals surface area contributed by atoms with Crippen molar-refractivity contribution in [3.63, 3.8) is 0 Å². The smallest absolute Gasteiger partial charge is 0.191 e. The third-order valence-corrected chi connectivity index (χ3v) is 4.73. The van der Waals surface area contributed by atoms with Crippen LogP contribution in [0.25, 0.3) is 0 Å². The molecule has 5 nitrogen and oxygen atoms in total. The Bertz CT molecular complexity index is 542. The van der Waals surface area contributed by atoms with Crippen LogP contribution < -0.4 is 10.6 Å². The Kier molecular flexibility index (Phi) is 10.9. The van der Waals surface area contributed by atoms with Gasteiger partial charge in [-0.15, -0.1) is 0 Å². The van der Waals surface area contributed by atoms with Crippen molar-refractivity contribution in [2.24, 2.45) is 4.99 Å². The van der Waals surface area contributed by atoms with Gasteiger partial charge in [0.25, 0.3) is 0 Å². The zero-order chi connectivity index (χ0) is 19.2. The third-order valence-electron chi connectivity index (χ3n) is 4.73. The highest BCUT2D eigenvalue weighted by atomic mass is 16.5. The van der Waals surface area contributed by atoms with Crippen LogP contribution in [0.3, 0.4) is 0 Å². The van der Waals surface area contributed by atoms with Gasteiger partial charge in [0.05, 0.1) is 19.3 Å². The van der Waals surface area contributed by atoms with E-state index in [1.807, 2.05) is 0 Å². The minimum atomic E-state index is 0.331. The topological polar surface area (TPSA) is 54.9 Å². The molecule has 1 fully saturated rings. The summed E-state index contributed by atoms with van der Waals surface area (Å²) in [6, 6.07) is 8.56. The average molecular weight is 376 g/mol. The number of guanidine groups is 1. The van der Waals surface area contributed by atoms with Gasteiger partial charge in [-0.1, -0.05) is 50.5 Å². The molecular formula is C22H37N3O2. The van der Waals surface area contributed by atoms with Crippen LogP contribution in [-0.2, 0) is 22.6 Å². The summed E-state index contributed by atoms with van der Waals surface area (Å²) in [7, 11) is 0. The van der Waals surface area contributed by atoms with Crippen molar-refractivity contribution in [2.45, 2.75) is 71.6 Å². The molecule has 2 N–H and O–H groups in total. The summed E-state index contributed by atoms with van der Waals surface area (Å²) < 4.78 is 11.4. The van der Waals surface area contributed by atoms with Gasteiger partial charge in [-0.2, -0.15) is 0 Å². The first-order chi connectivity index (χ1) is 13.3. The molecule has 0 atom stereocenters. The molecule has 0 radical (unpaired) electrons. The lowest BCUT2D eigenvalue weighted by Crippen LogP contribution is -2.37. The van der Waals surface area contributed by atoms with Crippen molar-refractivity contribution in [3.8, 4) is 0 Å². The lowest BCUT2D eigenvalue weighted by Gasteiger charge is -2.22. The van der Waals surface area contributed by atoms with Gasteiger partial charge in [-0.05, 0) is 37.3 Å². The summed E-state index contributed by atoms with van der Waals surface area (Å²) in [6.45, 7) is 9.17. The van der Waals surface area contributed by atoms with Crippen LogP contribution in [0.15, 0.2) is 29.3 Å². The van der Waals surface area contributed by atoms with Gasteiger partial charge in [-0.25, -0.2) is 4.99 Å². The van der Waals surface area contributed by atoms with Gasteiger partial charge in [0, 0.05) is 26.3 Å². The molecule has 1 heterocycles. The number of ether oxygens (including phenoxy) is 2. The average Bonchev–Trinajstić information content (AvgIpc) is 2.71. The number of nitrogens with one attached hydrogen (secondary N) is 2. The molecule has 1 aromatic carbocycles. The van der Waals surface area contributed by atoms with Crippen LogP contribution in [0.5, 0.6) is 0 Å². The van der Waals surface area contributed by atoms with Crippen molar-refractivity contribution in [1.29, 1.82) is 0 Å². The molecule has 0 saturated carbocycles. The minimum absolute atomic E-state index is 0.331. The summed E-state index contributed by atoms with van der Waals surface area (Å²) in [4.78, 5) is 4.73. The van der Waals surface area contributed by atoms with Gasteiger partial charge in [0.2, 0.25) is 0 Å². The first kappa shape index (κ1) is 21.7. The maximum absolute atomic E-state index is 6.03. The summed E-state index contributed by atoms with van der Waals surface area (Å²) in [5.74, 6) is 0.901. The molecule has 1 saturated heterocycles. The highest BCUT2D eigenvalue weighted by Crippen LogP contribution is 2.14. The lowest BCUT2D eigenvalue weighted by molar-refractivity contribution is -0.0390. The zero-order valence-corrected chi connectivity index (χ0v) is 17.1. The van der Waals surface area contributed by atoms with E-state index in [9.17, 15) is 0 Å². The second-order valence-electron chi connectivity index (χ2n) is 7.13. The number of benzene rings is 1. The Balaban J connectivity index is 1.79. The van der Waals surface area contributed by atoms with E-state index in [0.717, 1.165) is 45.1 Å². The fourth-order valence-corrected chi connectivity index (χ4v) is 3.15. The molecule has 0 unspecified atom stereocenters. The molecule has 1 aromatic rings. The second-order valence-corrected chi connectivity index (χ2v) is 7.13. The summed E-state index contributed by atoms with van der Waals surface area (Å²) in [5.41, 5.74) is 2.43. The van der Waals surface area contributed by atoms with Gasteiger partial charge in [0.15, 0.2) is 5.96 Å². The molecule has 0 aliphatic carbocycles. The highest BCUT2D eigenvalue weighted by Gasteiger charge is 2.13. The Morgan fingerprint density at radius 3 is 2.70 bits per heavy atom. The standard InChI is InChI=1S/C22H37N3O2/c1-3-5-6-7-13-24-22(23-4-2)25-17-19-9-8-10-20(16-19)18-27-21-11-14-26-15-12-21/h8-10,16,21H,3-7,11-15,17-18H2,1-2H3,(H2,23,24,25). The molecule has 5 heteroatoms. The van der Waals surface area contributed by atoms with Gasteiger partial charge in [-0.3, -0.25) is 0 Å². The number of nitrogens with zero attached hydrogens (tertiary/aromatic N) is 1. The fourth-order valence-electron chi connectivity index (χ4n) is 3.15. The van der Waals surface area contributed by atoms with Crippen molar-refractivity contribution in [1.82, 2.24) is 10.6 Å². The Morgan fingerprint density at radius 1 is 1.11 bits per heavy atom. The quantitative estimate of drug-likeness (QED) is 0.348. The van der Waals surface area contributed by atoms with E-state index in [0.29, 0.717) is 19.3 Å². The number of hydrogen-bond acceptors (Lipinski definition) is 3. The Morgan fingerprint density at radius 2 is 1.93 bits per heavy atom. The minimum Gasteiger partial charge on any atom is -0.381 e. The van der Waals surface area contributed by atoms with Crippen LogP contribution in [0.4, 0.5) is 0 Å². The molecule has 1 aliphatic rings. The molecule has 1 aliphatic heterocycles. The van der Waals surface area contributed by atoms with Gasteiger partial charge in [0.1, 0.15) is 0 Å². The van der Waals surface area contributed by atoms with E-state index in [-0.39, 0.29) is 0 Å². The first-order valence-electron chi connectivity index (χ1n) is 10.6. The van der Waals surface area contributed by atoms with Crippen molar-refractivity contribution in [3.05, 3.63) is 35.4 Å². The molecule has 0 aromatic heterocycles. The number of rotatable bonds is 11. The summed E-state index contributed by atoms with van der Waals surface area (Å²) >= 11 is 0. The predicted molar refractivity (Wildman–Crippen MR) is 112 cm³/mol.